The number of benzene rings is 2. The number of nitrogens with zero attached hydrogens (tertiary/aromatic N) is 3. The predicted molar refractivity (Wildman–Crippen MR) is 114 cm³/mol. The fraction of sp³-hybridized carbons (Fsp3) is 0.174. The van der Waals surface area contributed by atoms with E-state index in [0.29, 0.717) is 16.9 Å². The fourth-order valence-corrected chi connectivity index (χ4v) is 4.24. The van der Waals surface area contributed by atoms with Crippen molar-refractivity contribution in [3.8, 4) is 16.9 Å². The van der Waals surface area contributed by atoms with Gasteiger partial charge in [-0.05, 0) is 24.6 Å². The second kappa shape index (κ2) is 7.22. The summed E-state index contributed by atoms with van der Waals surface area (Å²) in [6.07, 6.45) is -4.76. The number of aromatic amines is 1. The molecule has 0 radical (unpaired) electrons. The van der Waals surface area contributed by atoms with Crippen LogP contribution >= 0.6 is 0 Å². The number of aromatic nitrogens is 3. The maximum Gasteiger partial charge on any atom is 0.433 e. The third kappa shape index (κ3) is 3.09. The van der Waals surface area contributed by atoms with Crippen molar-refractivity contribution in [1.29, 1.82) is 0 Å². The number of H-pyrrole nitrogens is 1. The summed E-state index contributed by atoms with van der Waals surface area (Å²) < 4.78 is 47.7. The molecule has 3 heterocycles. The Bertz CT molecular complexity index is 1470. The van der Waals surface area contributed by atoms with Gasteiger partial charge in [0, 0.05) is 11.1 Å². The number of carbonyl (C=O) groups excluding carboxylic acids is 1. The van der Waals surface area contributed by atoms with Crippen LogP contribution in [-0.2, 0) is 12.7 Å². The number of carbonyl (C=O) groups is 1. The van der Waals surface area contributed by atoms with E-state index in [-0.39, 0.29) is 34.7 Å². The summed E-state index contributed by atoms with van der Waals surface area (Å²) in [6.45, 7) is 1.54. The smallest absolute Gasteiger partial charge is 0.433 e. The van der Waals surface area contributed by atoms with Crippen LogP contribution in [0.25, 0.3) is 16.8 Å². The van der Waals surface area contributed by atoms with Gasteiger partial charge in [0.2, 0.25) is 0 Å². The van der Waals surface area contributed by atoms with Crippen molar-refractivity contribution < 1.29 is 22.7 Å². The van der Waals surface area contributed by atoms with Crippen LogP contribution < -0.4 is 15.2 Å². The van der Waals surface area contributed by atoms with E-state index in [1.54, 1.807) is 36.4 Å². The zero-order valence-electron chi connectivity index (χ0n) is 17.5. The normalized spacial score (nSPS) is 13.6. The summed E-state index contributed by atoms with van der Waals surface area (Å²) in [6, 6.07) is 12.9. The minimum absolute atomic E-state index is 0.0420. The molecule has 0 bridgehead atoms. The summed E-state index contributed by atoms with van der Waals surface area (Å²) in [5, 5.41) is 2.17. The van der Waals surface area contributed by atoms with Gasteiger partial charge in [0.05, 0.1) is 24.9 Å². The van der Waals surface area contributed by atoms with Gasteiger partial charge >= 0.3 is 6.18 Å². The molecule has 4 aromatic rings. The van der Waals surface area contributed by atoms with Gasteiger partial charge in [0.15, 0.2) is 5.65 Å². The standard InChI is InChI=1S/C23H17F3N4O3/c1-12-18(29-11-15-14(21(29)31)9-6-10-16(15)33-2)22(32)30-20(27-12)17(13-7-4-3-5-8-13)19(28-30)23(24,25)26/h3-10,28H,11H2,1-2H3. The Morgan fingerprint density at radius 1 is 1.06 bits per heavy atom. The molecular weight excluding hydrogens is 437 g/mol. The van der Waals surface area contributed by atoms with Gasteiger partial charge < -0.3 is 4.74 Å². The number of ether oxygens (including phenoxy) is 1. The molecule has 0 saturated carbocycles. The molecule has 10 heteroatoms. The van der Waals surface area contributed by atoms with Gasteiger partial charge in [-0.1, -0.05) is 36.4 Å². The minimum Gasteiger partial charge on any atom is -0.496 e. The highest BCUT2D eigenvalue weighted by Gasteiger charge is 2.39. The number of alkyl halides is 3. The second-order valence-electron chi connectivity index (χ2n) is 7.61. The molecule has 5 rings (SSSR count). The van der Waals surface area contributed by atoms with E-state index in [1.165, 1.54) is 31.1 Å². The van der Waals surface area contributed by atoms with Crippen molar-refractivity contribution in [3.05, 3.63) is 81.4 Å². The van der Waals surface area contributed by atoms with Crippen molar-refractivity contribution >= 4 is 17.2 Å². The van der Waals surface area contributed by atoms with Gasteiger partial charge in [0.25, 0.3) is 11.5 Å². The van der Waals surface area contributed by atoms with Gasteiger partial charge in [-0.3, -0.25) is 19.6 Å². The van der Waals surface area contributed by atoms with Gasteiger partial charge in [-0.2, -0.15) is 17.7 Å². The van der Waals surface area contributed by atoms with E-state index in [1.807, 2.05) is 0 Å². The van der Waals surface area contributed by atoms with Crippen molar-refractivity contribution in [2.75, 3.05) is 12.0 Å². The van der Waals surface area contributed by atoms with Gasteiger partial charge in [-0.15, -0.1) is 0 Å². The average molecular weight is 454 g/mol. The van der Waals surface area contributed by atoms with Crippen LogP contribution in [0, 0.1) is 6.92 Å². The van der Waals surface area contributed by atoms with Crippen LogP contribution in [0.5, 0.6) is 5.75 Å². The maximum atomic E-state index is 13.9. The molecule has 33 heavy (non-hydrogen) atoms. The number of halogens is 3. The first-order chi connectivity index (χ1) is 15.7. The van der Waals surface area contributed by atoms with Crippen molar-refractivity contribution in [1.82, 2.24) is 14.6 Å². The van der Waals surface area contributed by atoms with E-state index in [0.717, 1.165) is 4.52 Å². The Hall–Kier alpha value is -4.08. The lowest BCUT2D eigenvalue weighted by molar-refractivity contribution is -0.140. The number of fused-ring (bicyclic) bond motifs is 2. The molecule has 0 fully saturated rings. The molecule has 0 saturated heterocycles. The quantitative estimate of drug-likeness (QED) is 0.504. The van der Waals surface area contributed by atoms with Crippen LogP contribution in [-0.4, -0.2) is 27.6 Å². The van der Waals surface area contributed by atoms with Crippen molar-refractivity contribution in [2.24, 2.45) is 0 Å². The molecule has 0 aliphatic carbocycles. The lowest BCUT2D eigenvalue weighted by Crippen LogP contribution is -2.32. The van der Waals surface area contributed by atoms with E-state index >= 15 is 0 Å². The number of amides is 1. The highest BCUT2D eigenvalue weighted by atomic mass is 19.4. The first kappa shape index (κ1) is 20.8. The Morgan fingerprint density at radius 3 is 2.45 bits per heavy atom. The third-order valence-corrected chi connectivity index (χ3v) is 5.69. The first-order valence-electron chi connectivity index (χ1n) is 9.98. The van der Waals surface area contributed by atoms with Crippen LogP contribution in [0.4, 0.5) is 18.9 Å². The Kier molecular flexibility index (Phi) is 4.55. The minimum atomic E-state index is -4.76. The predicted octanol–water partition coefficient (Wildman–Crippen LogP) is 4.19. The topological polar surface area (TPSA) is 79.7 Å². The first-order valence-corrected chi connectivity index (χ1v) is 9.98. The Labute approximate surface area is 185 Å². The number of nitrogens with one attached hydrogen (secondary N) is 1. The number of aryl methyl sites for hydroxylation is 1. The van der Waals surface area contributed by atoms with E-state index in [4.69, 9.17) is 4.74 Å². The summed E-state index contributed by atoms with van der Waals surface area (Å²) in [7, 11) is 1.47. The molecule has 2 aromatic heterocycles. The third-order valence-electron chi connectivity index (χ3n) is 5.69. The molecule has 2 aromatic carbocycles. The molecule has 1 N–H and O–H groups in total. The number of methoxy groups -OCH3 is 1. The van der Waals surface area contributed by atoms with E-state index in [2.05, 4.69) is 10.1 Å². The number of rotatable bonds is 3. The number of hydrogen-bond donors (Lipinski definition) is 1. The highest BCUT2D eigenvalue weighted by Crippen LogP contribution is 2.39. The Balaban J connectivity index is 1.75. The molecule has 1 aliphatic heterocycles. The second-order valence-corrected chi connectivity index (χ2v) is 7.61. The number of hydrogen-bond acceptors (Lipinski definition) is 4. The molecular formula is C23H17F3N4O3. The summed E-state index contributed by atoms with van der Waals surface area (Å²) in [5.41, 5.74) is -1.01. The van der Waals surface area contributed by atoms with Gasteiger partial charge in [-0.25, -0.2) is 4.98 Å². The van der Waals surface area contributed by atoms with Crippen LogP contribution in [0.15, 0.2) is 53.3 Å². The Morgan fingerprint density at radius 2 is 1.79 bits per heavy atom. The molecule has 1 amide bonds. The largest absolute Gasteiger partial charge is 0.496 e. The molecule has 0 unspecified atom stereocenters. The molecule has 0 atom stereocenters. The van der Waals surface area contributed by atoms with Crippen LogP contribution in [0.2, 0.25) is 0 Å². The molecule has 7 nitrogen and oxygen atoms in total. The SMILES string of the molecule is COc1cccc2c1CN(c1c(C)nc3c(-c4ccccc4)c(C(F)(F)F)[nH]n3c1=O)C2=O. The van der Waals surface area contributed by atoms with E-state index < -0.39 is 23.3 Å². The fourth-order valence-electron chi connectivity index (χ4n) is 4.24. The molecule has 1 aliphatic rings. The van der Waals surface area contributed by atoms with Crippen molar-refractivity contribution in [3.63, 3.8) is 0 Å². The summed E-state index contributed by atoms with van der Waals surface area (Å²) in [5.74, 6) is 0.0393. The summed E-state index contributed by atoms with van der Waals surface area (Å²) >= 11 is 0. The maximum absolute atomic E-state index is 13.9. The lowest BCUT2D eigenvalue weighted by Gasteiger charge is -2.17. The zero-order valence-corrected chi connectivity index (χ0v) is 17.5. The molecule has 168 valence electrons. The van der Waals surface area contributed by atoms with Gasteiger partial charge in [0.1, 0.15) is 17.1 Å². The van der Waals surface area contributed by atoms with Crippen LogP contribution in [0.1, 0.15) is 27.3 Å². The highest BCUT2D eigenvalue weighted by molar-refractivity contribution is 6.10. The van der Waals surface area contributed by atoms with E-state index in [9.17, 15) is 22.8 Å². The average Bonchev–Trinajstić information content (AvgIpc) is 3.33. The lowest BCUT2D eigenvalue weighted by atomic mass is 10.1. The number of anilines is 1. The van der Waals surface area contributed by atoms with Crippen molar-refractivity contribution in [2.45, 2.75) is 19.6 Å². The summed E-state index contributed by atoms with van der Waals surface area (Å²) in [4.78, 5) is 32.0. The monoisotopic (exact) mass is 454 g/mol. The zero-order chi connectivity index (χ0) is 23.5. The van der Waals surface area contributed by atoms with Crippen LogP contribution in [0.3, 0.4) is 0 Å². The molecule has 0 spiro atoms.